The van der Waals surface area contributed by atoms with Crippen LogP contribution in [0, 0.1) is 5.92 Å². The van der Waals surface area contributed by atoms with Gasteiger partial charge in [-0.05, 0) is 17.7 Å². The van der Waals surface area contributed by atoms with Gasteiger partial charge in [0.1, 0.15) is 28.6 Å². The number of methoxy groups -OCH3 is 5. The van der Waals surface area contributed by atoms with Crippen LogP contribution in [0.2, 0.25) is 0 Å². The van der Waals surface area contributed by atoms with Crippen molar-refractivity contribution in [3.8, 4) is 23.0 Å². The molecule has 3 aromatic carbocycles. The van der Waals surface area contributed by atoms with E-state index in [4.69, 9.17) is 28.4 Å². The topological polar surface area (TPSA) is 107 Å². The Balaban J connectivity index is 2.09. The van der Waals surface area contributed by atoms with Crippen molar-refractivity contribution < 1.29 is 42.8 Å². The molecule has 0 unspecified atom stereocenters. The summed E-state index contributed by atoms with van der Waals surface area (Å²) in [5.74, 6) is -3.69. The minimum atomic E-state index is -1.90. The second kappa shape index (κ2) is 10.8. The molecule has 0 aliphatic carbocycles. The number of ketones is 1. The summed E-state index contributed by atoms with van der Waals surface area (Å²) in [4.78, 5) is 41.0. The maximum Gasteiger partial charge on any atom is 0.320 e. The molecule has 0 saturated carbocycles. The highest BCUT2D eigenvalue weighted by molar-refractivity contribution is 6.12. The molecular weight excluding hydrogens is 492 g/mol. The van der Waals surface area contributed by atoms with Gasteiger partial charge < -0.3 is 28.4 Å². The quantitative estimate of drug-likeness (QED) is 0.306. The van der Waals surface area contributed by atoms with Crippen LogP contribution in [0.15, 0.2) is 66.7 Å². The monoisotopic (exact) mass is 520 g/mol. The zero-order chi connectivity index (χ0) is 27.4. The number of fused-ring (bicyclic) bond motifs is 1. The number of hydrogen-bond donors (Lipinski definition) is 0. The van der Waals surface area contributed by atoms with Crippen LogP contribution in [-0.2, 0) is 24.7 Å². The van der Waals surface area contributed by atoms with E-state index in [9.17, 15) is 14.4 Å². The molecule has 1 heterocycles. The molecule has 0 spiro atoms. The lowest BCUT2D eigenvalue weighted by molar-refractivity contribution is -0.162. The molecule has 0 saturated heterocycles. The molecule has 0 N–H and O–H groups in total. The van der Waals surface area contributed by atoms with Gasteiger partial charge in [-0.15, -0.1) is 0 Å². The van der Waals surface area contributed by atoms with E-state index in [1.54, 1.807) is 66.7 Å². The smallest absolute Gasteiger partial charge is 0.320 e. The van der Waals surface area contributed by atoms with Crippen molar-refractivity contribution in [2.45, 2.75) is 11.5 Å². The summed E-state index contributed by atoms with van der Waals surface area (Å²) in [6, 6.07) is 18.5. The van der Waals surface area contributed by atoms with Gasteiger partial charge in [0.05, 0.1) is 41.5 Å². The van der Waals surface area contributed by atoms with Crippen LogP contribution in [0.25, 0.3) is 0 Å². The summed E-state index contributed by atoms with van der Waals surface area (Å²) >= 11 is 0. The fourth-order valence-corrected chi connectivity index (χ4v) is 4.91. The van der Waals surface area contributed by atoms with Crippen molar-refractivity contribution >= 4 is 17.7 Å². The molecule has 0 amide bonds. The van der Waals surface area contributed by atoms with Crippen LogP contribution < -0.4 is 18.9 Å². The van der Waals surface area contributed by atoms with Gasteiger partial charge in [-0.3, -0.25) is 14.4 Å². The van der Waals surface area contributed by atoms with Crippen LogP contribution in [0.1, 0.15) is 27.4 Å². The molecule has 4 rings (SSSR count). The largest absolute Gasteiger partial charge is 0.497 e. The molecule has 9 heteroatoms. The summed E-state index contributed by atoms with van der Waals surface area (Å²) < 4.78 is 32.9. The minimum absolute atomic E-state index is 0.151. The lowest BCUT2D eigenvalue weighted by Gasteiger charge is -2.38. The third-order valence-corrected chi connectivity index (χ3v) is 6.69. The number of ether oxygens (including phenoxy) is 6. The molecule has 0 aromatic heterocycles. The predicted molar refractivity (Wildman–Crippen MR) is 136 cm³/mol. The second-order valence-electron chi connectivity index (χ2n) is 8.51. The SMILES string of the molecule is COC(=O)C(C(=O)OC)[C@H](c1ccccc1)[C@]1(c2ccc(OC)cc2)Oc2cc(OC)cc(OC)c2C1=O. The lowest BCUT2D eigenvalue weighted by atomic mass is 9.68. The van der Waals surface area contributed by atoms with E-state index >= 15 is 0 Å². The van der Waals surface area contributed by atoms with Crippen molar-refractivity contribution in [1.82, 2.24) is 0 Å². The van der Waals surface area contributed by atoms with E-state index in [0.717, 1.165) is 0 Å². The molecule has 38 heavy (non-hydrogen) atoms. The lowest BCUT2D eigenvalue weighted by Crippen LogP contribution is -2.50. The predicted octanol–water partition coefficient (Wildman–Crippen LogP) is 3.93. The van der Waals surface area contributed by atoms with E-state index in [1.807, 2.05) is 0 Å². The number of benzene rings is 3. The number of hydrogen-bond acceptors (Lipinski definition) is 9. The van der Waals surface area contributed by atoms with Crippen molar-refractivity contribution in [3.63, 3.8) is 0 Å². The van der Waals surface area contributed by atoms with Crippen molar-refractivity contribution in [1.29, 1.82) is 0 Å². The normalized spacial score (nSPS) is 16.7. The molecular formula is C29H28O9. The van der Waals surface area contributed by atoms with Gasteiger partial charge in [0, 0.05) is 17.7 Å². The number of Topliss-reactive ketones (excluding diaryl/α,β-unsaturated/α-hetero) is 1. The highest BCUT2D eigenvalue weighted by Gasteiger charge is 2.61. The summed E-state index contributed by atoms with van der Waals surface area (Å²) in [6.45, 7) is 0. The summed E-state index contributed by atoms with van der Waals surface area (Å²) in [5, 5.41) is 0. The minimum Gasteiger partial charge on any atom is -0.497 e. The summed E-state index contributed by atoms with van der Waals surface area (Å²) in [5.41, 5.74) is -0.884. The number of esters is 2. The van der Waals surface area contributed by atoms with Gasteiger partial charge in [-0.1, -0.05) is 42.5 Å². The second-order valence-corrected chi connectivity index (χ2v) is 8.51. The highest BCUT2D eigenvalue weighted by Crippen LogP contribution is 2.55. The van der Waals surface area contributed by atoms with E-state index in [-0.39, 0.29) is 17.1 Å². The first-order valence-corrected chi connectivity index (χ1v) is 11.7. The molecule has 2 atom stereocenters. The summed E-state index contributed by atoms with van der Waals surface area (Å²) in [6.07, 6.45) is 0. The average Bonchev–Trinajstić information content (AvgIpc) is 3.27. The Morgan fingerprint density at radius 3 is 1.89 bits per heavy atom. The molecule has 0 radical (unpaired) electrons. The molecule has 0 fully saturated rings. The number of carbonyl (C=O) groups is 3. The van der Waals surface area contributed by atoms with Crippen LogP contribution in [0.3, 0.4) is 0 Å². The fourth-order valence-electron chi connectivity index (χ4n) is 4.91. The Morgan fingerprint density at radius 2 is 1.37 bits per heavy atom. The van der Waals surface area contributed by atoms with Crippen LogP contribution in [0.5, 0.6) is 23.0 Å². The maximum absolute atomic E-state index is 14.6. The molecule has 1 aliphatic rings. The number of rotatable bonds is 9. The molecule has 1 aliphatic heterocycles. The van der Waals surface area contributed by atoms with E-state index in [0.29, 0.717) is 22.6 Å². The molecule has 3 aromatic rings. The van der Waals surface area contributed by atoms with Crippen LogP contribution in [0.4, 0.5) is 0 Å². The molecule has 0 bridgehead atoms. The van der Waals surface area contributed by atoms with Gasteiger partial charge in [0.15, 0.2) is 5.92 Å². The van der Waals surface area contributed by atoms with Gasteiger partial charge in [-0.25, -0.2) is 0 Å². The summed E-state index contributed by atoms with van der Waals surface area (Å²) in [7, 11) is 6.76. The Morgan fingerprint density at radius 1 is 0.763 bits per heavy atom. The average molecular weight is 521 g/mol. The van der Waals surface area contributed by atoms with Gasteiger partial charge in [0.2, 0.25) is 11.4 Å². The third kappa shape index (κ3) is 4.30. The van der Waals surface area contributed by atoms with Crippen LogP contribution >= 0.6 is 0 Å². The van der Waals surface area contributed by atoms with Crippen molar-refractivity contribution in [2.75, 3.05) is 35.5 Å². The standard InChI is InChI=1S/C29H28O9/c1-33-19-13-11-18(12-14-19)29(26(30)23-21(35-3)15-20(34-2)16-22(23)38-29)25(17-9-7-6-8-10-17)24(27(31)36-4)28(32)37-5/h6-16,24-25H,1-5H3/t25-,29-/m0/s1. The maximum atomic E-state index is 14.6. The van der Waals surface area contributed by atoms with E-state index in [1.165, 1.54) is 35.5 Å². The Labute approximate surface area is 220 Å². The van der Waals surface area contributed by atoms with Gasteiger partial charge in [-0.2, -0.15) is 0 Å². The Bertz CT molecular complexity index is 1320. The zero-order valence-corrected chi connectivity index (χ0v) is 21.7. The Hall–Kier alpha value is -4.53. The third-order valence-electron chi connectivity index (χ3n) is 6.69. The number of carbonyl (C=O) groups excluding carboxylic acids is 3. The van der Waals surface area contributed by atoms with Gasteiger partial charge >= 0.3 is 11.9 Å². The Kier molecular flexibility index (Phi) is 7.57. The van der Waals surface area contributed by atoms with Crippen LogP contribution in [-0.4, -0.2) is 53.3 Å². The van der Waals surface area contributed by atoms with E-state index < -0.39 is 35.2 Å². The zero-order valence-electron chi connectivity index (χ0n) is 21.7. The van der Waals surface area contributed by atoms with Crippen molar-refractivity contribution in [2.24, 2.45) is 5.92 Å². The molecule has 9 nitrogen and oxygen atoms in total. The van der Waals surface area contributed by atoms with E-state index in [2.05, 4.69) is 0 Å². The molecule has 198 valence electrons. The first kappa shape index (κ1) is 26.5. The first-order chi connectivity index (χ1) is 18.4. The van der Waals surface area contributed by atoms with Gasteiger partial charge in [0.25, 0.3) is 0 Å². The first-order valence-electron chi connectivity index (χ1n) is 11.7. The fraction of sp³-hybridized carbons (Fsp3) is 0.276. The highest BCUT2D eigenvalue weighted by atomic mass is 16.5. The van der Waals surface area contributed by atoms with Crippen molar-refractivity contribution in [3.05, 3.63) is 83.4 Å².